The van der Waals surface area contributed by atoms with Gasteiger partial charge in [0.1, 0.15) is 5.54 Å². The zero-order valence-electron chi connectivity index (χ0n) is 17.6. The van der Waals surface area contributed by atoms with Crippen molar-refractivity contribution >= 4 is 23.4 Å². The molecular weight excluding hydrogens is 406 g/mol. The van der Waals surface area contributed by atoms with Crippen molar-refractivity contribution in [2.45, 2.75) is 36.9 Å². The van der Waals surface area contributed by atoms with E-state index < -0.39 is 17.4 Å². The molecule has 4 aliphatic rings. The molecule has 0 radical (unpaired) electrons. The van der Waals surface area contributed by atoms with E-state index in [1.807, 2.05) is 54.6 Å². The first-order valence-electron chi connectivity index (χ1n) is 11.3. The van der Waals surface area contributed by atoms with E-state index in [9.17, 15) is 14.4 Å². The summed E-state index contributed by atoms with van der Waals surface area (Å²) in [5, 5.41) is 6.43. The molecule has 1 spiro atoms. The third-order valence-corrected chi connectivity index (χ3v) is 7.42. The SMILES string of the molecule is O=C1[C@@H]2[C@H](Cc3ccccc3)N[C@]3(C(=O)Nc4ccccc43)[C@@H]2C(=O)N1C[C@H]1CCCO1. The van der Waals surface area contributed by atoms with Gasteiger partial charge in [0.05, 0.1) is 24.5 Å². The van der Waals surface area contributed by atoms with Crippen LogP contribution < -0.4 is 10.6 Å². The number of imide groups is 1. The summed E-state index contributed by atoms with van der Waals surface area (Å²) in [5.41, 5.74) is 1.27. The topological polar surface area (TPSA) is 87.7 Å². The number of hydrogen-bond donors (Lipinski definition) is 2. The number of ether oxygens (including phenoxy) is 1. The average Bonchev–Trinajstić information content (AvgIpc) is 3.54. The Morgan fingerprint density at radius 1 is 1.00 bits per heavy atom. The van der Waals surface area contributed by atoms with Gasteiger partial charge in [0, 0.05) is 23.9 Å². The van der Waals surface area contributed by atoms with Crippen LogP contribution in [0, 0.1) is 11.8 Å². The number of likely N-dealkylation sites (tertiary alicyclic amines) is 1. The summed E-state index contributed by atoms with van der Waals surface area (Å²) >= 11 is 0. The molecular formula is C25H25N3O4. The highest BCUT2D eigenvalue weighted by molar-refractivity contribution is 6.15. The third-order valence-electron chi connectivity index (χ3n) is 7.42. The van der Waals surface area contributed by atoms with Crippen LogP contribution in [-0.2, 0) is 31.1 Å². The van der Waals surface area contributed by atoms with Gasteiger partial charge in [-0.25, -0.2) is 0 Å². The highest BCUT2D eigenvalue weighted by atomic mass is 16.5. The lowest BCUT2D eigenvalue weighted by atomic mass is 9.76. The van der Waals surface area contributed by atoms with E-state index in [1.54, 1.807) is 0 Å². The molecule has 5 atom stereocenters. The van der Waals surface area contributed by atoms with E-state index in [2.05, 4.69) is 10.6 Å². The van der Waals surface area contributed by atoms with Crippen molar-refractivity contribution in [2.75, 3.05) is 18.5 Å². The van der Waals surface area contributed by atoms with Crippen LogP contribution in [0.1, 0.15) is 24.0 Å². The van der Waals surface area contributed by atoms with E-state index in [0.29, 0.717) is 18.7 Å². The number of nitrogens with zero attached hydrogens (tertiary/aromatic N) is 1. The summed E-state index contributed by atoms with van der Waals surface area (Å²) in [6, 6.07) is 17.0. The molecule has 0 aromatic heterocycles. The molecule has 6 rings (SSSR count). The summed E-state index contributed by atoms with van der Waals surface area (Å²) in [7, 11) is 0. The van der Waals surface area contributed by atoms with Gasteiger partial charge in [-0.1, -0.05) is 48.5 Å². The van der Waals surface area contributed by atoms with Crippen molar-refractivity contribution in [1.29, 1.82) is 0 Å². The predicted octanol–water partition coefficient (Wildman–Crippen LogP) is 1.83. The Bertz CT molecular complexity index is 1100. The van der Waals surface area contributed by atoms with Gasteiger partial charge in [-0.15, -0.1) is 0 Å². The molecule has 32 heavy (non-hydrogen) atoms. The highest BCUT2D eigenvalue weighted by Gasteiger charge is 2.70. The van der Waals surface area contributed by atoms with Gasteiger partial charge in [0.25, 0.3) is 0 Å². The molecule has 0 aliphatic carbocycles. The lowest BCUT2D eigenvalue weighted by Gasteiger charge is -2.30. The maximum Gasteiger partial charge on any atom is 0.250 e. The van der Waals surface area contributed by atoms with Crippen molar-refractivity contribution in [3.63, 3.8) is 0 Å². The normalized spacial score (nSPS) is 33.1. The average molecular weight is 431 g/mol. The Balaban J connectivity index is 1.43. The zero-order valence-corrected chi connectivity index (χ0v) is 17.6. The fourth-order valence-electron chi connectivity index (χ4n) is 6.03. The second-order valence-corrected chi connectivity index (χ2v) is 9.17. The van der Waals surface area contributed by atoms with Crippen LogP contribution in [0.4, 0.5) is 5.69 Å². The molecule has 7 heteroatoms. The molecule has 0 saturated carbocycles. The summed E-state index contributed by atoms with van der Waals surface area (Å²) in [6.07, 6.45) is 2.22. The Labute approximate surface area is 186 Å². The lowest BCUT2D eigenvalue weighted by molar-refractivity contribution is -0.144. The van der Waals surface area contributed by atoms with Crippen molar-refractivity contribution in [2.24, 2.45) is 11.8 Å². The molecule has 0 bridgehead atoms. The number of hydrogen-bond acceptors (Lipinski definition) is 5. The Kier molecular flexibility index (Phi) is 4.45. The van der Waals surface area contributed by atoms with Crippen LogP contribution >= 0.6 is 0 Å². The van der Waals surface area contributed by atoms with Gasteiger partial charge < -0.3 is 10.1 Å². The number of carbonyl (C=O) groups is 3. The monoisotopic (exact) mass is 431 g/mol. The van der Waals surface area contributed by atoms with Gasteiger partial charge in [0.2, 0.25) is 17.7 Å². The number of nitrogens with one attached hydrogen (secondary N) is 2. The molecule has 2 N–H and O–H groups in total. The first kappa shape index (κ1) is 19.6. The van der Waals surface area contributed by atoms with Crippen molar-refractivity contribution in [1.82, 2.24) is 10.2 Å². The van der Waals surface area contributed by atoms with Crippen molar-refractivity contribution in [3.8, 4) is 0 Å². The fourth-order valence-corrected chi connectivity index (χ4v) is 6.03. The van der Waals surface area contributed by atoms with Crippen LogP contribution in [0.25, 0.3) is 0 Å². The smallest absolute Gasteiger partial charge is 0.250 e. The zero-order chi connectivity index (χ0) is 21.9. The molecule has 3 fully saturated rings. The summed E-state index contributed by atoms with van der Waals surface area (Å²) in [6.45, 7) is 0.924. The second-order valence-electron chi connectivity index (χ2n) is 9.17. The number of amides is 3. The summed E-state index contributed by atoms with van der Waals surface area (Å²) in [4.78, 5) is 42.1. The third kappa shape index (κ3) is 2.71. The van der Waals surface area contributed by atoms with E-state index >= 15 is 0 Å². The van der Waals surface area contributed by atoms with Crippen LogP contribution in [0.2, 0.25) is 0 Å². The number of benzene rings is 2. The molecule has 4 heterocycles. The fraction of sp³-hybridized carbons (Fsp3) is 0.400. The van der Waals surface area contributed by atoms with Crippen LogP contribution in [0.3, 0.4) is 0 Å². The largest absolute Gasteiger partial charge is 0.376 e. The quantitative estimate of drug-likeness (QED) is 0.722. The molecule has 2 aromatic rings. The molecule has 0 unspecified atom stereocenters. The van der Waals surface area contributed by atoms with Crippen LogP contribution in [0.5, 0.6) is 0 Å². The molecule has 3 amide bonds. The van der Waals surface area contributed by atoms with Crippen molar-refractivity contribution in [3.05, 3.63) is 65.7 Å². The molecule has 7 nitrogen and oxygen atoms in total. The number of anilines is 1. The Hall–Kier alpha value is -3.03. The molecule has 4 aliphatic heterocycles. The Morgan fingerprint density at radius 3 is 2.56 bits per heavy atom. The second kappa shape index (κ2) is 7.25. The summed E-state index contributed by atoms with van der Waals surface area (Å²) < 4.78 is 5.71. The van der Waals surface area contributed by atoms with Gasteiger partial charge in [0.15, 0.2) is 0 Å². The van der Waals surface area contributed by atoms with Crippen molar-refractivity contribution < 1.29 is 19.1 Å². The predicted molar refractivity (Wildman–Crippen MR) is 116 cm³/mol. The number of carbonyl (C=O) groups excluding carboxylic acids is 3. The minimum absolute atomic E-state index is 0.122. The van der Waals surface area contributed by atoms with E-state index in [0.717, 1.165) is 24.0 Å². The number of para-hydroxylation sites is 1. The van der Waals surface area contributed by atoms with Gasteiger partial charge in [-0.3, -0.25) is 24.6 Å². The first-order valence-corrected chi connectivity index (χ1v) is 11.3. The number of fused-ring (bicyclic) bond motifs is 4. The highest BCUT2D eigenvalue weighted by Crippen LogP contribution is 2.53. The number of rotatable bonds is 4. The first-order chi connectivity index (χ1) is 15.6. The molecule has 3 saturated heterocycles. The Morgan fingerprint density at radius 2 is 1.78 bits per heavy atom. The van der Waals surface area contributed by atoms with E-state index in [1.165, 1.54) is 4.90 Å². The van der Waals surface area contributed by atoms with Crippen LogP contribution in [-0.4, -0.2) is 47.9 Å². The lowest BCUT2D eigenvalue weighted by Crippen LogP contribution is -2.54. The molecule has 2 aromatic carbocycles. The van der Waals surface area contributed by atoms with E-state index in [-0.39, 0.29) is 36.4 Å². The van der Waals surface area contributed by atoms with E-state index in [4.69, 9.17) is 4.74 Å². The standard InChI is InChI=1S/C25H25N3O4/c29-22-20-19(13-15-7-2-1-3-8-15)27-25(17-10-4-5-11-18(17)26-24(25)31)21(20)23(30)28(22)14-16-9-6-12-32-16/h1-5,7-8,10-11,16,19-21,27H,6,9,12-14H2,(H,26,31)/t16-,19+,20-,21+,25+/m1/s1. The molecule has 164 valence electrons. The van der Waals surface area contributed by atoms with Crippen LogP contribution in [0.15, 0.2) is 54.6 Å². The van der Waals surface area contributed by atoms with Gasteiger partial charge in [-0.2, -0.15) is 0 Å². The summed E-state index contributed by atoms with van der Waals surface area (Å²) in [5.74, 6) is -2.09. The minimum atomic E-state index is -1.24. The maximum absolute atomic E-state index is 13.7. The minimum Gasteiger partial charge on any atom is -0.376 e. The maximum atomic E-state index is 13.7. The van der Waals surface area contributed by atoms with Gasteiger partial charge in [-0.05, 0) is 30.9 Å². The van der Waals surface area contributed by atoms with Gasteiger partial charge >= 0.3 is 0 Å².